The summed E-state index contributed by atoms with van der Waals surface area (Å²) in [5, 5.41) is 17.3. The number of nitrogens with one attached hydrogen (secondary N) is 1. The molecule has 0 radical (unpaired) electrons. The molecular weight excluding hydrogens is 595 g/mol. The molecule has 0 unspecified atom stereocenters. The molecule has 13 heteroatoms. The number of ether oxygens (including phenoxy) is 1. The molecule has 1 aliphatic heterocycles. The first-order chi connectivity index (χ1) is 21.0. The Hall–Kier alpha value is -4.05. The van der Waals surface area contributed by atoms with E-state index in [0.717, 1.165) is 24.1 Å². The molecule has 1 N–H and O–H groups in total. The number of anilines is 1. The minimum Gasteiger partial charge on any atom is -0.403 e. The summed E-state index contributed by atoms with van der Waals surface area (Å²) < 4.78 is 69.3. The zero-order valence-corrected chi connectivity index (χ0v) is 24.7. The van der Waals surface area contributed by atoms with Crippen molar-refractivity contribution >= 4 is 21.4 Å². The van der Waals surface area contributed by atoms with E-state index in [1.807, 2.05) is 29.2 Å². The van der Waals surface area contributed by atoms with Gasteiger partial charge in [0.15, 0.2) is 15.6 Å². The molecule has 2 saturated carbocycles. The molecule has 3 fully saturated rings. The Morgan fingerprint density at radius 2 is 1.73 bits per heavy atom. The van der Waals surface area contributed by atoms with Gasteiger partial charge in [0.05, 0.1) is 23.3 Å². The van der Waals surface area contributed by atoms with Gasteiger partial charge in [0.2, 0.25) is 5.91 Å². The molecular formula is C31H32F3N5O4S. The minimum absolute atomic E-state index is 0.0866. The van der Waals surface area contributed by atoms with Gasteiger partial charge >= 0.3 is 6.36 Å². The maximum Gasteiger partial charge on any atom is 0.573 e. The van der Waals surface area contributed by atoms with Crippen molar-refractivity contribution in [2.75, 3.05) is 29.5 Å². The average molecular weight is 628 g/mol. The van der Waals surface area contributed by atoms with Crippen LogP contribution in [0.15, 0.2) is 54.7 Å². The Morgan fingerprint density at radius 1 is 1.05 bits per heavy atom. The van der Waals surface area contributed by atoms with Crippen LogP contribution in [0.4, 0.5) is 18.9 Å². The fourth-order valence-electron chi connectivity index (χ4n) is 6.18. The lowest BCUT2D eigenvalue weighted by atomic mass is 9.75. The van der Waals surface area contributed by atoms with Gasteiger partial charge in [-0.15, -0.1) is 13.2 Å². The summed E-state index contributed by atoms with van der Waals surface area (Å²) in [4.78, 5) is 15.5. The summed E-state index contributed by atoms with van der Waals surface area (Å²) in [5.74, 6) is -1.21. The monoisotopic (exact) mass is 627 g/mol. The predicted molar refractivity (Wildman–Crippen MR) is 157 cm³/mol. The molecule has 2 aliphatic carbocycles. The van der Waals surface area contributed by atoms with Gasteiger partial charge in [-0.2, -0.15) is 10.4 Å². The highest BCUT2D eigenvalue weighted by molar-refractivity contribution is 7.91. The van der Waals surface area contributed by atoms with Crippen LogP contribution in [0.1, 0.15) is 50.1 Å². The van der Waals surface area contributed by atoms with Crippen molar-refractivity contribution in [2.45, 2.75) is 56.3 Å². The van der Waals surface area contributed by atoms with Crippen molar-refractivity contribution in [1.29, 1.82) is 5.26 Å². The van der Waals surface area contributed by atoms with Gasteiger partial charge in [-0.25, -0.2) is 13.1 Å². The van der Waals surface area contributed by atoms with Crippen LogP contribution in [0.2, 0.25) is 0 Å². The van der Waals surface area contributed by atoms with E-state index < -0.39 is 33.4 Å². The number of hydrogen-bond acceptors (Lipinski definition) is 7. The Balaban J connectivity index is 1.39. The van der Waals surface area contributed by atoms with Gasteiger partial charge in [-0.3, -0.25) is 4.79 Å². The summed E-state index contributed by atoms with van der Waals surface area (Å²) in [6, 6.07) is 15.5. The Morgan fingerprint density at radius 3 is 2.39 bits per heavy atom. The van der Waals surface area contributed by atoms with E-state index in [4.69, 9.17) is 5.10 Å². The SMILES string of the molecule is N#CC1(NC(=O)[C@@H]2CCCC[C@H]2c2nn(-c3ccccc3OC(F)(F)F)cc2-c2ccc(N3CCS(=O)(=O)CC3)cc2)CC1. The fraction of sp³-hybridized carbons (Fsp3) is 0.452. The van der Waals surface area contributed by atoms with Crippen LogP contribution in [0.3, 0.4) is 0 Å². The van der Waals surface area contributed by atoms with Crippen molar-refractivity contribution in [2.24, 2.45) is 5.92 Å². The molecule has 1 saturated heterocycles. The third kappa shape index (κ3) is 6.40. The second-order valence-electron chi connectivity index (χ2n) is 11.8. The van der Waals surface area contributed by atoms with Crippen LogP contribution in [0, 0.1) is 17.2 Å². The van der Waals surface area contributed by atoms with Crippen molar-refractivity contribution in [3.8, 4) is 28.6 Å². The molecule has 2 atom stereocenters. The van der Waals surface area contributed by atoms with E-state index >= 15 is 0 Å². The van der Waals surface area contributed by atoms with Gasteiger partial charge in [0.1, 0.15) is 11.2 Å². The quantitative estimate of drug-likeness (QED) is 0.387. The van der Waals surface area contributed by atoms with Gasteiger partial charge in [0, 0.05) is 42.4 Å². The van der Waals surface area contributed by atoms with E-state index in [1.54, 1.807) is 12.3 Å². The number of sulfone groups is 1. The number of hydrogen-bond donors (Lipinski definition) is 1. The lowest BCUT2D eigenvalue weighted by Crippen LogP contribution is -2.42. The predicted octanol–water partition coefficient (Wildman–Crippen LogP) is 5.12. The second kappa shape index (κ2) is 11.5. The Bertz CT molecular complexity index is 1680. The highest BCUT2D eigenvalue weighted by Gasteiger charge is 2.47. The molecule has 0 bridgehead atoms. The van der Waals surface area contributed by atoms with Gasteiger partial charge in [0.25, 0.3) is 0 Å². The van der Waals surface area contributed by atoms with Crippen LogP contribution in [-0.2, 0) is 14.6 Å². The molecule has 2 aromatic carbocycles. The molecule has 1 aromatic heterocycles. The smallest absolute Gasteiger partial charge is 0.403 e. The topological polar surface area (TPSA) is 117 Å². The highest BCUT2D eigenvalue weighted by Crippen LogP contribution is 2.44. The summed E-state index contributed by atoms with van der Waals surface area (Å²) in [6.45, 7) is 0.786. The molecule has 2 heterocycles. The molecule has 0 spiro atoms. The molecule has 232 valence electrons. The molecule has 3 aliphatic rings. The lowest BCUT2D eigenvalue weighted by Gasteiger charge is -2.31. The third-order valence-electron chi connectivity index (χ3n) is 8.75. The maximum atomic E-state index is 13.5. The number of nitriles is 1. The van der Waals surface area contributed by atoms with Crippen molar-refractivity contribution in [3.05, 3.63) is 60.4 Å². The minimum atomic E-state index is -4.90. The fourth-order valence-corrected chi connectivity index (χ4v) is 7.38. The number of rotatable bonds is 7. The van der Waals surface area contributed by atoms with Crippen molar-refractivity contribution < 1.29 is 31.1 Å². The summed E-state index contributed by atoms with van der Waals surface area (Å²) in [6.07, 6.45) is 0.941. The van der Waals surface area contributed by atoms with Crippen molar-refractivity contribution in [3.63, 3.8) is 0 Å². The number of halogens is 3. The average Bonchev–Trinajstić information content (AvgIpc) is 3.63. The molecule has 1 amide bonds. The molecule has 44 heavy (non-hydrogen) atoms. The third-order valence-corrected chi connectivity index (χ3v) is 10.4. The number of alkyl halides is 3. The number of benzene rings is 2. The van der Waals surface area contributed by atoms with E-state index in [9.17, 15) is 31.6 Å². The molecule has 9 nitrogen and oxygen atoms in total. The normalized spacial score (nSPS) is 22.5. The van der Waals surface area contributed by atoms with E-state index in [2.05, 4.69) is 16.1 Å². The van der Waals surface area contributed by atoms with E-state index in [0.29, 0.717) is 50.0 Å². The van der Waals surface area contributed by atoms with Crippen LogP contribution in [0.5, 0.6) is 5.75 Å². The zero-order chi connectivity index (χ0) is 31.1. The standard InChI is InChI=1S/C31H32F3N5O4S/c32-31(33,34)43-27-8-4-3-7-26(27)39-19-25(21-9-11-22(12-10-21)38-15-17-44(41,42)18-16-38)28(37-39)23-5-1-2-6-24(23)29(40)36-30(20-35)13-14-30/h3-4,7-12,19,23-24H,1-2,5-6,13-18H2,(H,36,40)/t23-,24-/m1/s1. The summed E-state index contributed by atoms with van der Waals surface area (Å²) in [5.41, 5.74) is 2.16. The second-order valence-corrected chi connectivity index (χ2v) is 14.1. The number of carbonyl (C=O) groups excluding carboxylic acids is 1. The number of carbonyl (C=O) groups is 1. The molecule has 6 rings (SSSR count). The Kier molecular flexibility index (Phi) is 7.82. The van der Waals surface area contributed by atoms with Crippen LogP contribution in [0.25, 0.3) is 16.8 Å². The van der Waals surface area contributed by atoms with E-state index in [-0.39, 0.29) is 29.0 Å². The highest BCUT2D eigenvalue weighted by atomic mass is 32.2. The first-order valence-electron chi connectivity index (χ1n) is 14.7. The summed E-state index contributed by atoms with van der Waals surface area (Å²) >= 11 is 0. The largest absolute Gasteiger partial charge is 0.573 e. The first-order valence-corrected chi connectivity index (χ1v) is 16.5. The van der Waals surface area contributed by atoms with Crippen LogP contribution in [-0.4, -0.2) is 60.6 Å². The van der Waals surface area contributed by atoms with Crippen molar-refractivity contribution in [1.82, 2.24) is 15.1 Å². The van der Waals surface area contributed by atoms with Gasteiger partial charge in [-0.05, 0) is 55.5 Å². The van der Waals surface area contributed by atoms with Gasteiger partial charge < -0.3 is 15.0 Å². The zero-order valence-electron chi connectivity index (χ0n) is 23.9. The summed E-state index contributed by atoms with van der Waals surface area (Å²) in [7, 11) is -3.04. The van der Waals surface area contributed by atoms with Crippen LogP contribution >= 0.6 is 0 Å². The van der Waals surface area contributed by atoms with Crippen LogP contribution < -0.4 is 15.0 Å². The number of aromatic nitrogens is 2. The maximum absolute atomic E-state index is 13.5. The lowest BCUT2D eigenvalue weighted by molar-refractivity contribution is -0.274. The van der Waals surface area contributed by atoms with Gasteiger partial charge in [-0.1, -0.05) is 37.1 Å². The number of nitrogens with zero attached hydrogens (tertiary/aromatic N) is 4. The number of para-hydroxylation sites is 2. The molecule has 3 aromatic rings. The Labute approximate surface area is 253 Å². The first kappa shape index (κ1) is 30.0. The van der Waals surface area contributed by atoms with E-state index in [1.165, 1.54) is 22.9 Å². The number of amides is 1.